The van der Waals surface area contributed by atoms with E-state index >= 15 is 0 Å². The number of nitrogens with zero attached hydrogens (tertiary/aromatic N) is 1. The molecule has 378 valence electrons. The summed E-state index contributed by atoms with van der Waals surface area (Å²) < 4.78 is 0. The number of aliphatic hydroxyl groups excluding tert-OH is 1. The molecule has 2 aromatic heterocycles. The van der Waals surface area contributed by atoms with Gasteiger partial charge in [0.1, 0.15) is 30.2 Å². The molecule has 4 aromatic rings. The van der Waals surface area contributed by atoms with Gasteiger partial charge in [-0.1, -0.05) is 76.2 Å². The van der Waals surface area contributed by atoms with Crippen LogP contribution < -0.4 is 48.3 Å². The molecule has 0 bridgehead atoms. The van der Waals surface area contributed by atoms with E-state index in [1.807, 2.05) is 50.2 Å². The van der Waals surface area contributed by atoms with Crippen molar-refractivity contribution >= 4 is 64.1 Å². The number of benzene rings is 2. The molecule has 0 aliphatic rings. The summed E-state index contributed by atoms with van der Waals surface area (Å²) in [6.45, 7) is 6.16. The maximum absolute atomic E-state index is 14.1. The maximum Gasteiger partial charge on any atom is 0.326 e. The second kappa shape index (κ2) is 26.8. The zero-order valence-corrected chi connectivity index (χ0v) is 39.7. The number of aliphatic carboxylic acids is 1. The van der Waals surface area contributed by atoms with Crippen molar-refractivity contribution in [2.24, 2.45) is 17.6 Å². The van der Waals surface area contributed by atoms with Gasteiger partial charge in [-0.2, -0.15) is 0 Å². The molecule has 0 aliphatic heterocycles. The average molecular weight is 973 g/mol. The largest absolute Gasteiger partial charge is 0.480 e. The van der Waals surface area contributed by atoms with Crippen LogP contribution in [0.4, 0.5) is 0 Å². The number of fused-ring (bicyclic) bond motifs is 1. The Balaban J connectivity index is 1.40. The molecular weight excluding hydrogens is 909 g/mol. The monoisotopic (exact) mass is 972 g/mol. The molecule has 0 saturated carbocycles. The van der Waals surface area contributed by atoms with Gasteiger partial charge in [0.05, 0.1) is 38.1 Å². The lowest BCUT2D eigenvalue weighted by Gasteiger charge is -2.25. The number of aliphatic hydroxyl groups is 1. The second-order valence-corrected chi connectivity index (χ2v) is 17.6. The molecule has 2 heterocycles. The van der Waals surface area contributed by atoms with E-state index < -0.39 is 121 Å². The molecule has 23 nitrogen and oxygen atoms in total. The van der Waals surface area contributed by atoms with Crippen molar-refractivity contribution in [2.45, 2.75) is 103 Å². The van der Waals surface area contributed by atoms with Gasteiger partial charge in [-0.05, 0) is 48.8 Å². The van der Waals surface area contributed by atoms with Crippen molar-refractivity contribution in [3.8, 4) is 0 Å². The summed E-state index contributed by atoms with van der Waals surface area (Å²) in [5, 5.41) is 40.3. The number of H-pyrrole nitrogens is 2. The SMILES string of the molecule is CC(C)CC(NC(=O)C(N)Cc1ccccc1)C(=O)NCC(=O)NCC(=O)NC(Cc1cnc[nH]1)C(=O)NC(Cc1c[nH]c2ccccc12)C(=O)NCC(=O)NC(C(=O)NC(C(=O)O)C(C)C)C(C)O. The molecule has 7 atom stereocenters. The fourth-order valence-corrected chi connectivity index (χ4v) is 7.22. The molecule has 2 aromatic carbocycles. The van der Waals surface area contributed by atoms with Crippen molar-refractivity contribution in [3.63, 3.8) is 0 Å². The summed E-state index contributed by atoms with van der Waals surface area (Å²) >= 11 is 0. The lowest BCUT2D eigenvalue weighted by molar-refractivity contribution is -0.144. The number of rotatable bonds is 27. The first-order valence-electron chi connectivity index (χ1n) is 22.8. The average Bonchev–Trinajstić information content (AvgIpc) is 3.99. The number of carboxylic acids is 1. The van der Waals surface area contributed by atoms with E-state index in [1.165, 1.54) is 19.4 Å². The predicted octanol–water partition coefficient (Wildman–Crippen LogP) is -1.81. The second-order valence-electron chi connectivity index (χ2n) is 17.6. The van der Waals surface area contributed by atoms with E-state index in [0.29, 0.717) is 11.3 Å². The smallest absolute Gasteiger partial charge is 0.326 e. The lowest BCUT2D eigenvalue weighted by atomic mass is 10.0. The number of carboxylic acid groups (broad SMARTS) is 1. The van der Waals surface area contributed by atoms with E-state index in [2.05, 4.69) is 57.5 Å². The van der Waals surface area contributed by atoms with Crippen LogP contribution in [0.15, 0.2) is 73.3 Å². The van der Waals surface area contributed by atoms with Crippen LogP contribution in [0, 0.1) is 11.8 Å². The minimum atomic E-state index is -1.58. The van der Waals surface area contributed by atoms with Crippen LogP contribution in [0.3, 0.4) is 0 Å². The number of amides is 8. The summed E-state index contributed by atoms with van der Waals surface area (Å²) in [4.78, 5) is 128. The Kier molecular flexibility index (Phi) is 21.0. The maximum atomic E-state index is 14.1. The molecule has 14 N–H and O–H groups in total. The van der Waals surface area contributed by atoms with Gasteiger partial charge in [-0.25, -0.2) is 9.78 Å². The molecule has 7 unspecified atom stereocenters. The van der Waals surface area contributed by atoms with Crippen LogP contribution in [0.1, 0.15) is 57.9 Å². The minimum Gasteiger partial charge on any atom is -0.480 e. The molecule has 0 saturated heterocycles. The highest BCUT2D eigenvalue weighted by Crippen LogP contribution is 2.19. The standard InChI is InChI=1S/C47H64N12O11/c1-25(2)15-34(56-42(64)32(48)16-28-11-7-6-8-12-28)43(65)52-21-37(61)51-22-38(62)55-36(18-30-20-49-24-54-30)45(67)57-35(17-29-19-50-33-14-10-9-13-31(29)33)44(66)53-23-39(63)58-41(27(5)60)46(68)59-40(26(3)4)47(69)70/h6-14,19-20,24-27,32,34-36,40-41,50,60H,15-18,21-23,48H2,1-5H3,(H,49,54)(H,51,61)(H,52,65)(H,53,66)(H,55,62)(H,56,64)(H,57,67)(H,58,63)(H,59,68)(H,69,70). The third-order valence-electron chi connectivity index (χ3n) is 10.9. The zero-order chi connectivity index (χ0) is 51.5. The fraction of sp³-hybridized carbons (Fsp3) is 0.447. The van der Waals surface area contributed by atoms with Gasteiger partial charge >= 0.3 is 5.97 Å². The Bertz CT molecular complexity index is 2420. The summed E-state index contributed by atoms with van der Waals surface area (Å²) in [7, 11) is 0. The predicted molar refractivity (Wildman–Crippen MR) is 255 cm³/mol. The summed E-state index contributed by atoms with van der Waals surface area (Å²) in [6, 6.07) is 8.77. The van der Waals surface area contributed by atoms with E-state index in [1.54, 1.807) is 38.2 Å². The van der Waals surface area contributed by atoms with E-state index in [0.717, 1.165) is 16.5 Å². The highest BCUT2D eigenvalue weighted by atomic mass is 16.4. The van der Waals surface area contributed by atoms with Gasteiger partial charge in [0.15, 0.2) is 0 Å². The first-order chi connectivity index (χ1) is 33.2. The number of nitrogens with one attached hydrogen (secondary N) is 10. The highest BCUT2D eigenvalue weighted by molar-refractivity contribution is 5.97. The Hall–Kier alpha value is -7.66. The number of carbonyl (C=O) groups excluding carboxylic acids is 8. The normalized spacial score (nSPS) is 14.2. The number of carbonyl (C=O) groups is 9. The minimum absolute atomic E-state index is 0.0154. The molecule has 0 fully saturated rings. The topological polar surface area (TPSA) is 361 Å². The van der Waals surface area contributed by atoms with Crippen LogP contribution in [0.25, 0.3) is 10.9 Å². The number of hydrogen-bond donors (Lipinski definition) is 13. The molecule has 23 heteroatoms. The summed E-state index contributed by atoms with van der Waals surface area (Å²) in [5.41, 5.74) is 8.74. The van der Waals surface area contributed by atoms with E-state index in [4.69, 9.17) is 5.73 Å². The molecule has 0 radical (unpaired) electrons. The third-order valence-corrected chi connectivity index (χ3v) is 10.9. The van der Waals surface area contributed by atoms with Crippen LogP contribution in [-0.2, 0) is 62.4 Å². The highest BCUT2D eigenvalue weighted by Gasteiger charge is 2.33. The van der Waals surface area contributed by atoms with Crippen molar-refractivity contribution in [2.75, 3.05) is 19.6 Å². The first-order valence-corrected chi connectivity index (χ1v) is 22.8. The molecule has 4 rings (SSSR count). The van der Waals surface area contributed by atoms with Crippen LogP contribution in [-0.4, -0.2) is 140 Å². The Labute approximate surface area is 404 Å². The number of aromatic amines is 2. The van der Waals surface area contributed by atoms with E-state index in [9.17, 15) is 53.4 Å². The summed E-state index contributed by atoms with van der Waals surface area (Å²) in [6.07, 6.45) is 3.20. The van der Waals surface area contributed by atoms with Crippen molar-refractivity contribution < 1.29 is 53.4 Å². The van der Waals surface area contributed by atoms with Crippen molar-refractivity contribution in [3.05, 3.63) is 90.1 Å². The first kappa shape index (κ1) is 54.9. The van der Waals surface area contributed by atoms with Gasteiger partial charge in [0.25, 0.3) is 0 Å². The Morgan fingerprint density at radius 3 is 1.84 bits per heavy atom. The fourth-order valence-electron chi connectivity index (χ4n) is 7.22. The molecule has 0 spiro atoms. The van der Waals surface area contributed by atoms with Crippen LogP contribution >= 0.6 is 0 Å². The summed E-state index contributed by atoms with van der Waals surface area (Å²) in [5.74, 6) is -8.18. The quantitative estimate of drug-likeness (QED) is 0.0314. The third kappa shape index (κ3) is 17.5. The number of imidazole rings is 1. The van der Waals surface area contributed by atoms with Gasteiger partial charge in [0, 0.05) is 41.8 Å². The lowest BCUT2D eigenvalue weighted by Crippen LogP contribution is -2.59. The van der Waals surface area contributed by atoms with Gasteiger partial charge < -0.3 is 68.4 Å². The number of aromatic nitrogens is 3. The number of hydrogen-bond acceptors (Lipinski definition) is 12. The molecule has 0 aliphatic carbocycles. The molecular formula is C47H64N12O11. The van der Waals surface area contributed by atoms with E-state index in [-0.39, 0.29) is 31.6 Å². The van der Waals surface area contributed by atoms with Gasteiger partial charge in [-0.3, -0.25) is 38.4 Å². The van der Waals surface area contributed by atoms with Crippen LogP contribution in [0.5, 0.6) is 0 Å². The van der Waals surface area contributed by atoms with Gasteiger partial charge in [-0.15, -0.1) is 0 Å². The molecule has 8 amide bonds. The Morgan fingerprint density at radius 2 is 1.21 bits per heavy atom. The molecule has 70 heavy (non-hydrogen) atoms. The van der Waals surface area contributed by atoms with Crippen molar-refractivity contribution in [1.82, 2.24) is 57.5 Å². The zero-order valence-electron chi connectivity index (χ0n) is 39.7. The van der Waals surface area contributed by atoms with Gasteiger partial charge in [0.2, 0.25) is 47.3 Å². The van der Waals surface area contributed by atoms with Crippen LogP contribution in [0.2, 0.25) is 0 Å². The Morgan fingerprint density at radius 1 is 0.614 bits per heavy atom. The number of nitrogens with two attached hydrogens (primary N) is 1. The van der Waals surface area contributed by atoms with Crippen molar-refractivity contribution in [1.29, 1.82) is 0 Å². The number of para-hydroxylation sites is 1.